The lowest BCUT2D eigenvalue weighted by atomic mass is 9.86. The Morgan fingerprint density at radius 1 is 0.686 bits per heavy atom. The van der Waals surface area contributed by atoms with Gasteiger partial charge in [-0.3, -0.25) is 0 Å². The SMILES string of the molecule is CCCCCCC1C=CC(COc2ccc(-c3ccc(C=Cc4ccc(C)cc4)cc3)cc2)CC1. The molecule has 1 nitrogen and oxygen atoms in total. The molecular formula is C34H40O. The van der Waals surface area contributed by atoms with Crippen LogP contribution in [0.2, 0.25) is 0 Å². The van der Waals surface area contributed by atoms with Crippen LogP contribution in [0, 0.1) is 18.8 Å². The molecular weight excluding hydrogens is 424 g/mol. The monoisotopic (exact) mass is 464 g/mol. The van der Waals surface area contributed by atoms with Crippen molar-refractivity contribution < 1.29 is 4.74 Å². The van der Waals surface area contributed by atoms with Crippen molar-refractivity contribution in [3.63, 3.8) is 0 Å². The zero-order valence-corrected chi connectivity index (χ0v) is 21.5. The van der Waals surface area contributed by atoms with E-state index in [-0.39, 0.29) is 0 Å². The minimum atomic E-state index is 0.544. The van der Waals surface area contributed by atoms with Crippen LogP contribution in [0.25, 0.3) is 23.3 Å². The van der Waals surface area contributed by atoms with Crippen LogP contribution in [0.3, 0.4) is 0 Å². The quantitative estimate of drug-likeness (QED) is 0.156. The molecule has 35 heavy (non-hydrogen) atoms. The van der Waals surface area contributed by atoms with Crippen LogP contribution >= 0.6 is 0 Å². The van der Waals surface area contributed by atoms with Crippen molar-refractivity contribution in [3.8, 4) is 16.9 Å². The van der Waals surface area contributed by atoms with Crippen LogP contribution in [0.1, 0.15) is 68.6 Å². The molecule has 4 rings (SSSR count). The van der Waals surface area contributed by atoms with Gasteiger partial charge in [-0.05, 0) is 66.5 Å². The Kier molecular flexibility index (Phi) is 9.40. The highest BCUT2D eigenvalue weighted by molar-refractivity contribution is 5.72. The van der Waals surface area contributed by atoms with Gasteiger partial charge < -0.3 is 4.74 Å². The maximum atomic E-state index is 6.12. The highest BCUT2D eigenvalue weighted by atomic mass is 16.5. The number of allylic oxidation sites excluding steroid dienone is 1. The van der Waals surface area contributed by atoms with Gasteiger partial charge in [0.15, 0.2) is 0 Å². The average Bonchev–Trinajstić information content (AvgIpc) is 2.91. The lowest BCUT2D eigenvalue weighted by Crippen LogP contribution is -2.15. The first-order valence-corrected chi connectivity index (χ1v) is 13.5. The lowest BCUT2D eigenvalue weighted by molar-refractivity contribution is 0.254. The second kappa shape index (κ2) is 13.1. The number of hydrogen-bond acceptors (Lipinski definition) is 1. The molecule has 2 unspecified atom stereocenters. The minimum Gasteiger partial charge on any atom is -0.493 e. The average molecular weight is 465 g/mol. The van der Waals surface area contributed by atoms with Crippen molar-refractivity contribution >= 4 is 12.2 Å². The van der Waals surface area contributed by atoms with Crippen LogP contribution < -0.4 is 4.74 Å². The van der Waals surface area contributed by atoms with Gasteiger partial charge in [0, 0.05) is 5.92 Å². The number of aryl methyl sites for hydroxylation is 1. The second-order valence-corrected chi connectivity index (χ2v) is 10.0. The van der Waals surface area contributed by atoms with Gasteiger partial charge in [-0.1, -0.05) is 123 Å². The number of hydrogen-bond donors (Lipinski definition) is 0. The third-order valence-electron chi connectivity index (χ3n) is 7.10. The van der Waals surface area contributed by atoms with E-state index in [0.717, 1.165) is 18.3 Å². The summed E-state index contributed by atoms with van der Waals surface area (Å²) in [5.74, 6) is 2.29. The van der Waals surface area contributed by atoms with Crippen LogP contribution in [-0.2, 0) is 0 Å². The molecule has 0 spiro atoms. The molecule has 0 aliphatic heterocycles. The standard InChI is InChI=1S/C34H40O/c1-3-4-5-6-7-28-14-16-31(17-15-28)26-35-34-24-22-33(23-25-34)32-20-18-30(19-21-32)13-12-29-10-8-27(2)9-11-29/h8-14,16,18-25,28,31H,3-7,15,17,26H2,1-2H3. The summed E-state index contributed by atoms with van der Waals surface area (Å²) in [6, 6.07) is 25.9. The Labute approximate surface area is 212 Å². The van der Waals surface area contributed by atoms with E-state index in [9.17, 15) is 0 Å². The van der Waals surface area contributed by atoms with E-state index < -0.39 is 0 Å². The Hall–Kier alpha value is -3.06. The lowest BCUT2D eigenvalue weighted by Gasteiger charge is -2.23. The predicted octanol–water partition coefficient (Wildman–Crippen LogP) is 9.76. The van der Waals surface area contributed by atoms with Crippen LogP contribution in [0.4, 0.5) is 0 Å². The third-order valence-corrected chi connectivity index (χ3v) is 7.10. The summed E-state index contributed by atoms with van der Waals surface area (Å²) in [4.78, 5) is 0. The van der Waals surface area contributed by atoms with Gasteiger partial charge in [0.1, 0.15) is 5.75 Å². The molecule has 3 aromatic rings. The second-order valence-electron chi connectivity index (χ2n) is 10.0. The molecule has 0 heterocycles. The van der Waals surface area contributed by atoms with Crippen LogP contribution in [-0.4, -0.2) is 6.61 Å². The Morgan fingerprint density at radius 3 is 1.86 bits per heavy atom. The Bertz CT molecular complexity index is 1070. The first-order valence-electron chi connectivity index (χ1n) is 13.5. The number of unbranched alkanes of at least 4 members (excludes halogenated alkanes) is 3. The molecule has 0 saturated heterocycles. The van der Waals surface area contributed by atoms with Crippen molar-refractivity contribution in [3.05, 3.63) is 102 Å². The number of rotatable bonds is 11. The maximum Gasteiger partial charge on any atom is 0.119 e. The van der Waals surface area contributed by atoms with Gasteiger partial charge in [0.05, 0.1) is 6.61 Å². The third kappa shape index (κ3) is 7.99. The van der Waals surface area contributed by atoms with E-state index in [1.165, 1.54) is 72.8 Å². The van der Waals surface area contributed by atoms with Crippen molar-refractivity contribution in [2.24, 2.45) is 11.8 Å². The molecule has 0 N–H and O–H groups in total. The molecule has 0 aromatic heterocycles. The van der Waals surface area contributed by atoms with Crippen molar-refractivity contribution in [1.29, 1.82) is 0 Å². The van der Waals surface area contributed by atoms with Gasteiger partial charge in [-0.2, -0.15) is 0 Å². The van der Waals surface area contributed by atoms with E-state index in [4.69, 9.17) is 4.74 Å². The van der Waals surface area contributed by atoms with Gasteiger partial charge >= 0.3 is 0 Å². The van der Waals surface area contributed by atoms with E-state index in [1.54, 1.807) is 0 Å². The van der Waals surface area contributed by atoms with Gasteiger partial charge in [0.2, 0.25) is 0 Å². The van der Waals surface area contributed by atoms with E-state index >= 15 is 0 Å². The summed E-state index contributed by atoms with van der Waals surface area (Å²) in [6.45, 7) is 5.17. The van der Waals surface area contributed by atoms with Gasteiger partial charge in [0.25, 0.3) is 0 Å². The molecule has 1 heteroatoms. The summed E-state index contributed by atoms with van der Waals surface area (Å²) in [5, 5.41) is 0. The Balaban J connectivity index is 1.24. The molecule has 2 atom stereocenters. The largest absolute Gasteiger partial charge is 0.493 e. The fourth-order valence-corrected chi connectivity index (χ4v) is 4.75. The normalized spacial score (nSPS) is 17.7. The van der Waals surface area contributed by atoms with E-state index in [0.29, 0.717) is 5.92 Å². The molecule has 0 saturated carbocycles. The minimum absolute atomic E-state index is 0.544. The fourth-order valence-electron chi connectivity index (χ4n) is 4.75. The van der Waals surface area contributed by atoms with Gasteiger partial charge in [-0.25, -0.2) is 0 Å². The predicted molar refractivity (Wildman–Crippen MR) is 152 cm³/mol. The highest BCUT2D eigenvalue weighted by Crippen LogP contribution is 2.28. The first kappa shape index (κ1) is 25.0. The molecule has 0 fully saturated rings. The van der Waals surface area contributed by atoms with Crippen molar-refractivity contribution in [2.45, 2.75) is 58.8 Å². The Morgan fingerprint density at radius 2 is 1.26 bits per heavy atom. The van der Waals surface area contributed by atoms with E-state index in [2.05, 4.69) is 111 Å². The van der Waals surface area contributed by atoms with Crippen molar-refractivity contribution in [1.82, 2.24) is 0 Å². The topological polar surface area (TPSA) is 9.23 Å². The fraction of sp³-hybridized carbons (Fsp3) is 0.353. The highest BCUT2D eigenvalue weighted by Gasteiger charge is 2.16. The summed E-state index contributed by atoms with van der Waals surface area (Å²) in [6.07, 6.45) is 18.6. The van der Waals surface area contributed by atoms with Crippen LogP contribution in [0.5, 0.6) is 5.75 Å². The summed E-state index contributed by atoms with van der Waals surface area (Å²) in [5.41, 5.74) is 6.16. The molecule has 0 bridgehead atoms. The zero-order valence-electron chi connectivity index (χ0n) is 21.5. The first-order chi connectivity index (χ1) is 17.2. The van der Waals surface area contributed by atoms with Crippen molar-refractivity contribution in [2.75, 3.05) is 6.61 Å². The summed E-state index contributed by atoms with van der Waals surface area (Å²) < 4.78 is 6.12. The van der Waals surface area contributed by atoms with Gasteiger partial charge in [-0.15, -0.1) is 0 Å². The smallest absolute Gasteiger partial charge is 0.119 e. The summed E-state index contributed by atoms with van der Waals surface area (Å²) in [7, 11) is 0. The molecule has 0 amide bonds. The molecule has 0 radical (unpaired) electrons. The zero-order chi connectivity index (χ0) is 24.3. The molecule has 1 aliphatic rings. The van der Waals surface area contributed by atoms with Crippen LogP contribution in [0.15, 0.2) is 84.9 Å². The maximum absolute atomic E-state index is 6.12. The number of ether oxygens (including phenoxy) is 1. The molecule has 182 valence electrons. The summed E-state index contributed by atoms with van der Waals surface area (Å²) >= 11 is 0. The molecule has 3 aromatic carbocycles. The molecule has 1 aliphatic carbocycles. The van der Waals surface area contributed by atoms with E-state index in [1.807, 2.05) is 0 Å². The number of benzene rings is 3.